The number of rotatable bonds is 14. The van der Waals surface area contributed by atoms with Gasteiger partial charge in [-0.3, -0.25) is 19.3 Å². The van der Waals surface area contributed by atoms with E-state index in [2.05, 4.69) is 6.92 Å². The Bertz CT molecular complexity index is 547. The van der Waals surface area contributed by atoms with Crippen molar-refractivity contribution >= 4 is 17.8 Å². The number of hydrogen-bond acceptors (Lipinski definition) is 7. The second-order valence-electron chi connectivity index (χ2n) is 7.30. The van der Waals surface area contributed by atoms with Crippen LogP contribution in [-0.4, -0.2) is 68.6 Å². The van der Waals surface area contributed by atoms with Crippen molar-refractivity contribution in [2.45, 2.75) is 52.2 Å². The molecule has 0 aromatic carbocycles. The van der Waals surface area contributed by atoms with Crippen LogP contribution in [0.1, 0.15) is 46.0 Å². The van der Waals surface area contributed by atoms with Crippen molar-refractivity contribution in [2.75, 3.05) is 39.6 Å². The predicted octanol–water partition coefficient (Wildman–Crippen LogP) is 1.82. The normalized spacial score (nSPS) is 19.0. The number of hydrogen-bond donors (Lipinski definition) is 0. The number of nitrogens with zero attached hydrogens (tertiary/aromatic N) is 1. The van der Waals surface area contributed by atoms with Crippen molar-refractivity contribution < 1.29 is 33.3 Å². The number of carbonyl (C=O) groups excluding carboxylic acids is 3. The summed E-state index contributed by atoms with van der Waals surface area (Å²) in [4.78, 5) is 35.8. The first kappa shape index (κ1) is 22.5. The standard InChI is InChI=1S/C20H31NO7/c1-3-20(14-26-15-20)13-25-11-12-27-16(2)28-19(24)7-5-4-6-10-21-17(22)8-9-18(21)23/h8-9,16H,3-7,10-15H2,1-2H3. The van der Waals surface area contributed by atoms with Crippen LogP contribution >= 0.6 is 0 Å². The molecule has 0 aromatic heterocycles. The van der Waals surface area contributed by atoms with Gasteiger partial charge in [-0.1, -0.05) is 13.3 Å². The zero-order valence-electron chi connectivity index (χ0n) is 16.8. The second-order valence-corrected chi connectivity index (χ2v) is 7.30. The first-order valence-corrected chi connectivity index (χ1v) is 9.96. The molecule has 158 valence electrons. The average Bonchev–Trinajstić information content (AvgIpc) is 2.95. The maximum absolute atomic E-state index is 11.8. The van der Waals surface area contributed by atoms with Gasteiger partial charge in [0.25, 0.3) is 11.8 Å². The fourth-order valence-electron chi connectivity index (χ4n) is 2.99. The van der Waals surface area contributed by atoms with Crippen molar-refractivity contribution in [1.29, 1.82) is 0 Å². The van der Waals surface area contributed by atoms with Gasteiger partial charge in [-0.15, -0.1) is 0 Å². The summed E-state index contributed by atoms with van der Waals surface area (Å²) in [5.41, 5.74) is 0.157. The van der Waals surface area contributed by atoms with Crippen LogP contribution in [0.15, 0.2) is 12.2 Å². The summed E-state index contributed by atoms with van der Waals surface area (Å²) in [6, 6.07) is 0. The molecule has 0 aromatic rings. The van der Waals surface area contributed by atoms with Crippen LogP contribution in [0.2, 0.25) is 0 Å². The number of amides is 2. The summed E-state index contributed by atoms with van der Waals surface area (Å²) < 4.78 is 21.5. The Balaban J connectivity index is 1.44. The minimum absolute atomic E-state index is 0.157. The Morgan fingerprint density at radius 2 is 1.89 bits per heavy atom. The average molecular weight is 397 g/mol. The zero-order valence-corrected chi connectivity index (χ0v) is 16.8. The molecular formula is C20H31NO7. The first-order chi connectivity index (χ1) is 13.5. The molecule has 0 bridgehead atoms. The lowest BCUT2D eigenvalue weighted by molar-refractivity contribution is -0.182. The Kier molecular flexibility index (Phi) is 9.08. The fourth-order valence-corrected chi connectivity index (χ4v) is 2.99. The van der Waals surface area contributed by atoms with Gasteiger partial charge in [0.2, 0.25) is 0 Å². The smallest absolute Gasteiger partial charge is 0.308 e. The summed E-state index contributed by atoms with van der Waals surface area (Å²) in [5.74, 6) is -0.865. The quantitative estimate of drug-likeness (QED) is 0.191. The summed E-state index contributed by atoms with van der Waals surface area (Å²) >= 11 is 0. The molecule has 0 spiro atoms. The molecule has 2 aliphatic rings. The SMILES string of the molecule is CCC1(COCCOC(C)OC(=O)CCCCCN2C(=O)C=CC2=O)COC1. The van der Waals surface area contributed by atoms with E-state index in [-0.39, 0.29) is 29.6 Å². The molecule has 2 amide bonds. The zero-order chi connectivity index (χ0) is 20.4. The van der Waals surface area contributed by atoms with Gasteiger partial charge in [0.15, 0.2) is 6.29 Å². The third-order valence-corrected chi connectivity index (χ3v) is 5.02. The Hall–Kier alpha value is -1.77. The molecule has 1 fully saturated rings. The molecular weight excluding hydrogens is 366 g/mol. The Morgan fingerprint density at radius 3 is 2.50 bits per heavy atom. The lowest BCUT2D eigenvalue weighted by atomic mass is 9.84. The van der Waals surface area contributed by atoms with Gasteiger partial charge in [0, 0.05) is 30.5 Å². The molecule has 1 saturated heterocycles. The van der Waals surface area contributed by atoms with Crippen molar-refractivity contribution in [2.24, 2.45) is 5.41 Å². The minimum atomic E-state index is -0.616. The third kappa shape index (κ3) is 7.00. The molecule has 28 heavy (non-hydrogen) atoms. The maximum atomic E-state index is 11.8. The van der Waals surface area contributed by atoms with Gasteiger partial charge in [-0.2, -0.15) is 0 Å². The van der Waals surface area contributed by atoms with E-state index < -0.39 is 6.29 Å². The van der Waals surface area contributed by atoms with E-state index in [1.54, 1.807) is 6.92 Å². The number of unbranched alkanes of at least 4 members (excludes halogenated alkanes) is 2. The van der Waals surface area contributed by atoms with Gasteiger partial charge >= 0.3 is 5.97 Å². The lowest BCUT2D eigenvalue weighted by Crippen LogP contribution is -2.45. The van der Waals surface area contributed by atoms with E-state index in [4.69, 9.17) is 18.9 Å². The number of ether oxygens (including phenoxy) is 4. The number of carbonyl (C=O) groups is 3. The van der Waals surface area contributed by atoms with E-state index in [9.17, 15) is 14.4 Å². The van der Waals surface area contributed by atoms with Crippen molar-refractivity contribution in [1.82, 2.24) is 4.90 Å². The van der Waals surface area contributed by atoms with Crippen LogP contribution in [-0.2, 0) is 33.3 Å². The molecule has 0 radical (unpaired) electrons. The Labute approximate surface area is 166 Å². The molecule has 0 aliphatic carbocycles. The summed E-state index contributed by atoms with van der Waals surface area (Å²) in [6.45, 7) is 7.17. The van der Waals surface area contributed by atoms with Crippen molar-refractivity contribution in [3.05, 3.63) is 12.2 Å². The van der Waals surface area contributed by atoms with E-state index in [0.29, 0.717) is 39.2 Å². The van der Waals surface area contributed by atoms with Crippen LogP contribution in [0.25, 0.3) is 0 Å². The van der Waals surface area contributed by atoms with Gasteiger partial charge in [-0.05, 0) is 26.2 Å². The molecule has 2 heterocycles. The molecule has 0 N–H and O–H groups in total. The van der Waals surface area contributed by atoms with Crippen molar-refractivity contribution in [3.63, 3.8) is 0 Å². The summed E-state index contributed by atoms with van der Waals surface area (Å²) in [5, 5.41) is 0. The molecule has 0 saturated carbocycles. The van der Waals surface area contributed by atoms with Gasteiger partial charge < -0.3 is 18.9 Å². The highest BCUT2D eigenvalue weighted by atomic mass is 16.7. The molecule has 2 aliphatic heterocycles. The molecule has 2 rings (SSSR count). The highest BCUT2D eigenvalue weighted by Crippen LogP contribution is 2.31. The predicted molar refractivity (Wildman–Crippen MR) is 100 cm³/mol. The van der Waals surface area contributed by atoms with Crippen LogP contribution in [0.5, 0.6) is 0 Å². The van der Waals surface area contributed by atoms with Crippen LogP contribution in [0, 0.1) is 5.41 Å². The van der Waals surface area contributed by atoms with Gasteiger partial charge in [-0.25, -0.2) is 0 Å². The van der Waals surface area contributed by atoms with E-state index >= 15 is 0 Å². The third-order valence-electron chi connectivity index (χ3n) is 5.02. The van der Waals surface area contributed by atoms with E-state index in [0.717, 1.165) is 26.1 Å². The second kappa shape index (κ2) is 11.3. The van der Waals surface area contributed by atoms with Gasteiger partial charge in [0.05, 0.1) is 33.0 Å². The van der Waals surface area contributed by atoms with Gasteiger partial charge in [0.1, 0.15) is 0 Å². The minimum Gasteiger partial charge on any atom is -0.436 e. The topological polar surface area (TPSA) is 91.4 Å². The van der Waals surface area contributed by atoms with Crippen LogP contribution in [0.4, 0.5) is 0 Å². The molecule has 1 unspecified atom stereocenters. The summed E-state index contributed by atoms with van der Waals surface area (Å²) in [7, 11) is 0. The van der Waals surface area contributed by atoms with Crippen molar-refractivity contribution in [3.8, 4) is 0 Å². The maximum Gasteiger partial charge on any atom is 0.308 e. The monoisotopic (exact) mass is 397 g/mol. The highest BCUT2D eigenvalue weighted by Gasteiger charge is 2.36. The van der Waals surface area contributed by atoms with E-state index in [1.807, 2.05) is 0 Å². The molecule has 1 atom stereocenters. The largest absolute Gasteiger partial charge is 0.436 e. The molecule has 8 nitrogen and oxygen atoms in total. The van der Waals surface area contributed by atoms with E-state index in [1.165, 1.54) is 17.1 Å². The number of imide groups is 1. The lowest BCUT2D eigenvalue weighted by Gasteiger charge is -2.40. The highest BCUT2D eigenvalue weighted by molar-refractivity contribution is 6.12. The number of esters is 1. The Morgan fingerprint density at radius 1 is 1.18 bits per heavy atom. The fraction of sp³-hybridized carbons (Fsp3) is 0.750. The summed E-state index contributed by atoms with van der Waals surface area (Å²) in [6.07, 6.45) is 5.28. The molecule has 8 heteroatoms. The first-order valence-electron chi connectivity index (χ1n) is 9.96. The van der Waals surface area contributed by atoms with Crippen LogP contribution in [0.3, 0.4) is 0 Å². The van der Waals surface area contributed by atoms with Crippen LogP contribution < -0.4 is 0 Å².